The summed E-state index contributed by atoms with van der Waals surface area (Å²) in [5.41, 5.74) is 3.79. The maximum absolute atomic E-state index is 12.2. The van der Waals surface area contributed by atoms with Crippen molar-refractivity contribution in [2.24, 2.45) is 5.92 Å². The van der Waals surface area contributed by atoms with E-state index in [1.54, 1.807) is 0 Å². The molecule has 0 fully saturated rings. The molecular weight excluding hydrogens is 460 g/mol. The van der Waals surface area contributed by atoms with Crippen molar-refractivity contribution in [3.8, 4) is 22.6 Å². The summed E-state index contributed by atoms with van der Waals surface area (Å²) in [5, 5.41) is 0. The maximum Gasteiger partial charge on any atom is 0.338 e. The molecule has 37 heavy (non-hydrogen) atoms. The molecule has 0 saturated carbocycles. The molecule has 0 amide bonds. The molecule has 0 N–H and O–H groups in total. The minimum atomic E-state index is -0.270. The lowest BCUT2D eigenvalue weighted by Gasteiger charge is -2.10. The number of ether oxygens (including phenoxy) is 3. The van der Waals surface area contributed by atoms with Crippen LogP contribution in [0.15, 0.2) is 72.8 Å². The number of benzene rings is 3. The number of esters is 1. The van der Waals surface area contributed by atoms with Crippen molar-refractivity contribution >= 4 is 5.97 Å². The molecule has 0 aliphatic carbocycles. The van der Waals surface area contributed by atoms with Gasteiger partial charge in [0.15, 0.2) is 0 Å². The highest BCUT2D eigenvalue weighted by Gasteiger charge is 2.09. The summed E-state index contributed by atoms with van der Waals surface area (Å²) in [7, 11) is 0. The highest BCUT2D eigenvalue weighted by atomic mass is 16.5. The molecule has 3 aromatic carbocycles. The zero-order valence-corrected chi connectivity index (χ0v) is 22.7. The summed E-state index contributed by atoms with van der Waals surface area (Å²) >= 11 is 0. The monoisotopic (exact) mass is 502 g/mol. The van der Waals surface area contributed by atoms with E-state index < -0.39 is 0 Å². The average molecular weight is 503 g/mol. The molecule has 0 unspecified atom stereocenters. The lowest BCUT2D eigenvalue weighted by Crippen LogP contribution is -2.11. The minimum Gasteiger partial charge on any atom is -0.494 e. The number of carbonyl (C=O) groups is 1. The van der Waals surface area contributed by atoms with Gasteiger partial charge in [0.25, 0.3) is 0 Å². The molecule has 0 aliphatic heterocycles. The Kier molecular flexibility index (Phi) is 12.1. The van der Waals surface area contributed by atoms with Gasteiger partial charge in [-0.15, -0.1) is 0 Å². The summed E-state index contributed by atoms with van der Waals surface area (Å²) in [6, 6.07) is 23.7. The van der Waals surface area contributed by atoms with Gasteiger partial charge in [-0.1, -0.05) is 95.7 Å². The van der Waals surface area contributed by atoms with Crippen LogP contribution in [-0.2, 0) is 11.3 Å². The Morgan fingerprint density at radius 2 is 1.27 bits per heavy atom. The second kappa shape index (κ2) is 15.8. The molecule has 3 aromatic rings. The Morgan fingerprint density at radius 1 is 0.703 bits per heavy atom. The predicted octanol–water partition coefficient (Wildman–Crippen LogP) is 8.87. The van der Waals surface area contributed by atoms with Crippen molar-refractivity contribution in [3.63, 3.8) is 0 Å². The van der Waals surface area contributed by atoms with Gasteiger partial charge in [0.2, 0.25) is 0 Å². The molecule has 0 heterocycles. The van der Waals surface area contributed by atoms with Crippen LogP contribution in [0.3, 0.4) is 0 Å². The van der Waals surface area contributed by atoms with Gasteiger partial charge in [0.1, 0.15) is 18.1 Å². The fraction of sp³-hybridized carbons (Fsp3) is 0.424. The topological polar surface area (TPSA) is 44.8 Å². The van der Waals surface area contributed by atoms with Gasteiger partial charge >= 0.3 is 5.97 Å². The highest BCUT2D eigenvalue weighted by Crippen LogP contribution is 2.24. The van der Waals surface area contributed by atoms with Crippen LogP contribution in [0.25, 0.3) is 11.1 Å². The van der Waals surface area contributed by atoms with Crippen LogP contribution in [0.2, 0.25) is 0 Å². The Hall–Kier alpha value is -3.27. The molecular formula is C33H42O4. The second-order valence-corrected chi connectivity index (χ2v) is 9.76. The zero-order valence-electron chi connectivity index (χ0n) is 22.7. The zero-order chi connectivity index (χ0) is 26.3. The first-order valence-corrected chi connectivity index (χ1v) is 13.8. The van der Waals surface area contributed by atoms with Gasteiger partial charge in [-0.25, -0.2) is 4.79 Å². The van der Waals surface area contributed by atoms with Crippen molar-refractivity contribution in [1.82, 2.24) is 0 Å². The largest absolute Gasteiger partial charge is 0.494 e. The van der Waals surface area contributed by atoms with Crippen molar-refractivity contribution in [1.29, 1.82) is 0 Å². The van der Waals surface area contributed by atoms with Gasteiger partial charge < -0.3 is 14.2 Å². The number of carbonyl (C=O) groups excluding carboxylic acids is 1. The number of hydrogen-bond donors (Lipinski definition) is 0. The van der Waals surface area contributed by atoms with E-state index in [1.807, 2.05) is 60.7 Å². The van der Waals surface area contributed by atoms with Gasteiger partial charge in [0, 0.05) is 0 Å². The number of hydrogen-bond acceptors (Lipinski definition) is 4. The molecule has 3 rings (SSSR count). The summed E-state index contributed by atoms with van der Waals surface area (Å²) in [6.07, 6.45) is 8.59. The summed E-state index contributed by atoms with van der Waals surface area (Å²) in [5.74, 6) is 1.83. The Labute approximate surface area is 223 Å². The molecule has 0 aliphatic rings. The number of rotatable bonds is 16. The first kappa shape index (κ1) is 28.3. The average Bonchev–Trinajstić information content (AvgIpc) is 2.95. The Balaban J connectivity index is 1.41. The van der Waals surface area contributed by atoms with E-state index in [0.717, 1.165) is 47.6 Å². The molecule has 0 aromatic heterocycles. The van der Waals surface area contributed by atoms with E-state index in [-0.39, 0.29) is 5.97 Å². The van der Waals surface area contributed by atoms with Crippen LogP contribution in [0.1, 0.15) is 81.6 Å². The third-order valence-corrected chi connectivity index (χ3v) is 6.60. The van der Waals surface area contributed by atoms with Crippen LogP contribution >= 0.6 is 0 Å². The number of unbranched alkanes of at least 4 members (excludes halogenated alkanes) is 5. The van der Waals surface area contributed by atoms with Crippen LogP contribution in [0.4, 0.5) is 0 Å². The van der Waals surface area contributed by atoms with E-state index in [1.165, 1.54) is 32.1 Å². The van der Waals surface area contributed by atoms with E-state index in [4.69, 9.17) is 14.2 Å². The van der Waals surface area contributed by atoms with Gasteiger partial charge in [0.05, 0.1) is 18.8 Å². The molecule has 0 radical (unpaired) electrons. The molecule has 4 heteroatoms. The Bertz CT molecular complexity index is 1040. The first-order chi connectivity index (χ1) is 18.1. The minimum absolute atomic E-state index is 0.270. The molecule has 0 bridgehead atoms. The normalized spacial score (nSPS) is 11.6. The SMILES string of the molecule is CCCCCCCCOc1ccc(COc2ccc(-c3ccc(C(=O)OC[C@@H](C)CC)cc3)cc2)cc1. The first-order valence-electron chi connectivity index (χ1n) is 13.8. The second-order valence-electron chi connectivity index (χ2n) is 9.76. The quantitative estimate of drug-likeness (QED) is 0.145. The van der Waals surface area contributed by atoms with Crippen molar-refractivity contribution in [2.45, 2.75) is 72.3 Å². The van der Waals surface area contributed by atoms with Crippen molar-refractivity contribution in [2.75, 3.05) is 13.2 Å². The Morgan fingerprint density at radius 3 is 1.92 bits per heavy atom. The van der Waals surface area contributed by atoms with Gasteiger partial charge in [-0.05, 0) is 65.4 Å². The van der Waals surface area contributed by atoms with Crippen LogP contribution in [-0.4, -0.2) is 19.2 Å². The lowest BCUT2D eigenvalue weighted by atomic mass is 10.0. The smallest absolute Gasteiger partial charge is 0.338 e. The molecule has 4 nitrogen and oxygen atoms in total. The fourth-order valence-corrected chi connectivity index (χ4v) is 3.88. The highest BCUT2D eigenvalue weighted by molar-refractivity contribution is 5.90. The molecule has 1 atom stereocenters. The van der Waals surface area contributed by atoms with E-state index in [0.29, 0.717) is 24.7 Å². The third-order valence-electron chi connectivity index (χ3n) is 6.60. The fourth-order valence-electron chi connectivity index (χ4n) is 3.88. The van der Waals surface area contributed by atoms with Crippen LogP contribution in [0.5, 0.6) is 11.5 Å². The molecule has 0 spiro atoms. The predicted molar refractivity (Wildman–Crippen MR) is 151 cm³/mol. The van der Waals surface area contributed by atoms with Gasteiger partial charge in [-0.2, -0.15) is 0 Å². The van der Waals surface area contributed by atoms with Crippen molar-refractivity contribution < 1.29 is 19.0 Å². The summed E-state index contributed by atoms with van der Waals surface area (Å²) in [6.45, 7) is 8.15. The lowest BCUT2D eigenvalue weighted by molar-refractivity contribution is 0.0447. The van der Waals surface area contributed by atoms with Gasteiger partial charge in [-0.3, -0.25) is 0 Å². The molecule has 198 valence electrons. The van der Waals surface area contributed by atoms with Crippen LogP contribution < -0.4 is 9.47 Å². The van der Waals surface area contributed by atoms with E-state index in [9.17, 15) is 4.79 Å². The maximum atomic E-state index is 12.2. The third kappa shape index (κ3) is 9.95. The van der Waals surface area contributed by atoms with E-state index in [2.05, 4.69) is 32.9 Å². The summed E-state index contributed by atoms with van der Waals surface area (Å²) in [4.78, 5) is 12.2. The standard InChI is InChI=1S/C33H42O4/c1-4-6-7-8-9-10-23-35-31-19-11-27(12-20-31)25-36-32-21-17-29(18-22-32)28-13-15-30(16-14-28)33(34)37-24-26(3)5-2/h11-22,26H,4-10,23-25H2,1-3H3/t26-/m0/s1. The van der Waals surface area contributed by atoms with Crippen LogP contribution in [0, 0.1) is 5.92 Å². The summed E-state index contributed by atoms with van der Waals surface area (Å²) < 4.78 is 17.2. The van der Waals surface area contributed by atoms with E-state index >= 15 is 0 Å². The molecule has 0 saturated heterocycles. The van der Waals surface area contributed by atoms with Crippen molar-refractivity contribution in [3.05, 3.63) is 83.9 Å².